The van der Waals surface area contributed by atoms with Crippen LogP contribution in [0.15, 0.2) is 24.5 Å². The van der Waals surface area contributed by atoms with E-state index in [9.17, 15) is 28.2 Å². The lowest BCUT2D eigenvalue weighted by molar-refractivity contribution is -0.145. The van der Waals surface area contributed by atoms with Gasteiger partial charge in [0.2, 0.25) is 5.82 Å². The van der Waals surface area contributed by atoms with Crippen molar-refractivity contribution in [2.45, 2.75) is 39.0 Å². The molecule has 0 fully saturated rings. The van der Waals surface area contributed by atoms with Gasteiger partial charge in [-0.2, -0.15) is 13.2 Å². The van der Waals surface area contributed by atoms with Crippen LogP contribution in [0.5, 0.6) is 0 Å². The van der Waals surface area contributed by atoms with Gasteiger partial charge in [0.15, 0.2) is 5.65 Å². The van der Waals surface area contributed by atoms with Gasteiger partial charge in [0, 0.05) is 24.0 Å². The number of aliphatic carboxylic acids is 1. The molecule has 1 atom stereocenters. The average Bonchev–Trinajstić information content (AvgIpc) is 3.06. The molecule has 0 bridgehead atoms. The molecule has 0 saturated heterocycles. The molecule has 0 saturated carbocycles. The zero-order valence-electron chi connectivity index (χ0n) is 15.0. The summed E-state index contributed by atoms with van der Waals surface area (Å²) in [6, 6.07) is 3.09. The molecule has 3 heterocycles. The number of aliphatic hydroxyl groups is 1. The predicted molar refractivity (Wildman–Crippen MR) is 91.7 cm³/mol. The van der Waals surface area contributed by atoms with Crippen molar-refractivity contribution in [3.8, 4) is 0 Å². The van der Waals surface area contributed by atoms with Gasteiger partial charge in [-0.25, -0.2) is 0 Å². The van der Waals surface area contributed by atoms with Crippen molar-refractivity contribution in [2.24, 2.45) is 0 Å². The molecule has 3 rings (SSSR count). The first kappa shape index (κ1) is 19.7. The first-order valence-electron chi connectivity index (χ1n) is 8.33. The number of carboxylic acid groups (broad SMARTS) is 1. The number of pyridine rings is 2. The summed E-state index contributed by atoms with van der Waals surface area (Å²) in [5.41, 5.74) is 2.60. The number of carbonyl (C=O) groups is 1. The predicted octanol–water partition coefficient (Wildman–Crippen LogP) is 2.86. The molecule has 7 nitrogen and oxygen atoms in total. The van der Waals surface area contributed by atoms with Crippen molar-refractivity contribution < 1.29 is 28.2 Å². The molecule has 0 unspecified atom stereocenters. The van der Waals surface area contributed by atoms with Crippen LogP contribution in [-0.2, 0) is 17.6 Å². The normalized spacial score (nSPS) is 13.1. The Kier molecular flexibility index (Phi) is 5.07. The second-order valence-corrected chi connectivity index (χ2v) is 6.43. The average molecular weight is 394 g/mol. The van der Waals surface area contributed by atoms with Crippen molar-refractivity contribution in [1.29, 1.82) is 0 Å². The molecule has 0 radical (unpaired) electrons. The number of nitrogens with zero attached hydrogens (tertiary/aromatic N) is 4. The minimum absolute atomic E-state index is 0.00247. The third-order valence-corrected chi connectivity index (χ3v) is 4.66. The maximum absolute atomic E-state index is 13.1. The van der Waals surface area contributed by atoms with Gasteiger partial charge in [-0.05, 0) is 48.2 Å². The summed E-state index contributed by atoms with van der Waals surface area (Å²) in [5.74, 6) is -2.90. The standard InChI is InChI=1S/C18H17F3N4O3/c1-9-13(3-4-25-16(9)23-24-17(25)18(19,20)21)14(6-15(27)28)11-5-12(8-26)10(2)22-7-11/h3-5,7,14,26H,6,8H2,1-2H3,(H,27,28)/t14-/m1/s1. The molecule has 28 heavy (non-hydrogen) atoms. The number of rotatable bonds is 5. The molecular weight excluding hydrogens is 377 g/mol. The third kappa shape index (κ3) is 3.55. The smallest absolute Gasteiger partial charge is 0.452 e. The third-order valence-electron chi connectivity index (χ3n) is 4.66. The van der Waals surface area contributed by atoms with Crippen LogP contribution in [0.25, 0.3) is 5.65 Å². The van der Waals surface area contributed by atoms with Crippen molar-refractivity contribution >= 4 is 11.6 Å². The molecular formula is C18H17F3N4O3. The van der Waals surface area contributed by atoms with Crippen LogP contribution in [0.1, 0.15) is 46.1 Å². The molecule has 0 aliphatic heterocycles. The molecule has 3 aromatic rings. The number of halogens is 3. The van der Waals surface area contributed by atoms with Gasteiger partial charge in [0.1, 0.15) is 0 Å². The fourth-order valence-corrected chi connectivity index (χ4v) is 3.20. The van der Waals surface area contributed by atoms with Crippen LogP contribution in [0.2, 0.25) is 0 Å². The van der Waals surface area contributed by atoms with Gasteiger partial charge in [0.05, 0.1) is 13.0 Å². The lowest BCUT2D eigenvalue weighted by Gasteiger charge is -2.19. The van der Waals surface area contributed by atoms with E-state index in [4.69, 9.17) is 0 Å². The fourth-order valence-electron chi connectivity index (χ4n) is 3.20. The van der Waals surface area contributed by atoms with Gasteiger partial charge >= 0.3 is 12.1 Å². The fraction of sp³-hybridized carbons (Fsp3) is 0.333. The van der Waals surface area contributed by atoms with E-state index in [2.05, 4.69) is 15.2 Å². The summed E-state index contributed by atoms with van der Waals surface area (Å²) in [7, 11) is 0. The topological polar surface area (TPSA) is 101 Å². The molecule has 0 spiro atoms. The van der Waals surface area contributed by atoms with Gasteiger partial charge < -0.3 is 10.2 Å². The van der Waals surface area contributed by atoms with Gasteiger partial charge in [-0.3, -0.25) is 14.2 Å². The maximum atomic E-state index is 13.1. The second kappa shape index (κ2) is 7.19. The number of carboxylic acids is 1. The van der Waals surface area contributed by atoms with Gasteiger partial charge in [-0.1, -0.05) is 0 Å². The molecule has 0 aromatic carbocycles. The molecule has 148 valence electrons. The van der Waals surface area contributed by atoms with E-state index in [1.807, 2.05) is 0 Å². The van der Waals surface area contributed by atoms with Crippen molar-refractivity contribution in [3.63, 3.8) is 0 Å². The highest BCUT2D eigenvalue weighted by atomic mass is 19.4. The Bertz CT molecular complexity index is 1050. The first-order chi connectivity index (χ1) is 13.1. The van der Waals surface area contributed by atoms with Gasteiger partial charge in [-0.15, -0.1) is 10.2 Å². The van der Waals surface area contributed by atoms with E-state index < -0.39 is 23.9 Å². The lowest BCUT2D eigenvalue weighted by atomic mass is 9.86. The Hall–Kier alpha value is -3.01. The zero-order chi connectivity index (χ0) is 20.6. The Labute approximate surface area is 157 Å². The first-order valence-corrected chi connectivity index (χ1v) is 8.33. The monoisotopic (exact) mass is 394 g/mol. The highest BCUT2D eigenvalue weighted by Crippen LogP contribution is 2.34. The van der Waals surface area contributed by atoms with Crippen molar-refractivity contribution in [1.82, 2.24) is 19.6 Å². The number of aliphatic hydroxyl groups excluding tert-OH is 1. The van der Waals surface area contributed by atoms with Crippen LogP contribution in [-0.4, -0.2) is 35.8 Å². The van der Waals surface area contributed by atoms with Crippen LogP contribution in [0.3, 0.4) is 0 Å². The minimum Gasteiger partial charge on any atom is -0.481 e. The Morgan fingerprint density at radius 3 is 2.61 bits per heavy atom. The zero-order valence-corrected chi connectivity index (χ0v) is 15.0. The molecule has 2 N–H and O–H groups in total. The highest BCUT2D eigenvalue weighted by molar-refractivity contribution is 5.70. The summed E-state index contributed by atoms with van der Waals surface area (Å²) in [5, 5.41) is 25.7. The van der Waals surface area contributed by atoms with E-state index in [1.165, 1.54) is 18.5 Å². The van der Waals surface area contributed by atoms with Crippen molar-refractivity contribution in [3.05, 3.63) is 58.3 Å². The van der Waals surface area contributed by atoms with E-state index in [0.29, 0.717) is 27.9 Å². The number of hydrogen-bond acceptors (Lipinski definition) is 5. The summed E-state index contributed by atoms with van der Waals surface area (Å²) < 4.78 is 40.0. The Morgan fingerprint density at radius 1 is 1.29 bits per heavy atom. The van der Waals surface area contributed by atoms with Crippen LogP contribution < -0.4 is 0 Å². The number of aryl methyl sites for hydroxylation is 2. The minimum atomic E-state index is -4.66. The Balaban J connectivity index is 2.17. The lowest BCUT2D eigenvalue weighted by Crippen LogP contribution is -2.13. The van der Waals surface area contributed by atoms with Crippen LogP contribution in [0, 0.1) is 13.8 Å². The van der Waals surface area contributed by atoms with Gasteiger partial charge in [0.25, 0.3) is 0 Å². The van der Waals surface area contributed by atoms with Crippen molar-refractivity contribution in [2.75, 3.05) is 0 Å². The summed E-state index contributed by atoms with van der Waals surface area (Å²) in [4.78, 5) is 15.6. The molecule has 0 aliphatic carbocycles. The number of alkyl halides is 3. The summed E-state index contributed by atoms with van der Waals surface area (Å²) >= 11 is 0. The van der Waals surface area contributed by atoms with E-state index in [0.717, 1.165) is 4.40 Å². The van der Waals surface area contributed by atoms with Crippen LogP contribution in [0.4, 0.5) is 13.2 Å². The molecule has 10 heteroatoms. The molecule has 0 amide bonds. The van der Waals surface area contributed by atoms with E-state index >= 15 is 0 Å². The van der Waals surface area contributed by atoms with Crippen LogP contribution >= 0.6 is 0 Å². The number of aromatic nitrogens is 4. The van der Waals surface area contributed by atoms with E-state index in [-0.39, 0.29) is 18.7 Å². The maximum Gasteiger partial charge on any atom is 0.452 e. The Morgan fingerprint density at radius 2 is 2.00 bits per heavy atom. The SMILES string of the molecule is Cc1ncc([C@@H](CC(=O)O)c2ccn3c(C(F)(F)F)nnc3c2C)cc1CO. The highest BCUT2D eigenvalue weighted by Gasteiger charge is 2.37. The molecule has 0 aliphatic rings. The largest absolute Gasteiger partial charge is 0.481 e. The number of fused-ring (bicyclic) bond motifs is 1. The second-order valence-electron chi connectivity index (χ2n) is 6.43. The van der Waals surface area contributed by atoms with E-state index in [1.54, 1.807) is 19.9 Å². The quantitative estimate of drug-likeness (QED) is 0.690. The summed E-state index contributed by atoms with van der Waals surface area (Å²) in [6.07, 6.45) is -2.27. The number of hydrogen-bond donors (Lipinski definition) is 2. The molecule has 3 aromatic heterocycles. The summed E-state index contributed by atoms with van der Waals surface area (Å²) in [6.45, 7) is 3.03.